The predicted molar refractivity (Wildman–Crippen MR) is 69.6 cm³/mol. The van der Waals surface area contributed by atoms with E-state index in [0.29, 0.717) is 16.8 Å². The van der Waals surface area contributed by atoms with Crippen LogP contribution in [-0.4, -0.2) is 14.6 Å². The minimum Gasteiger partial charge on any atom is -0.266 e. The summed E-state index contributed by atoms with van der Waals surface area (Å²) >= 11 is 7.32. The molecule has 0 saturated heterocycles. The minimum absolute atomic E-state index is 0.445. The van der Waals surface area contributed by atoms with Crippen molar-refractivity contribution in [1.82, 2.24) is 9.78 Å². The van der Waals surface area contributed by atoms with Crippen molar-refractivity contribution >= 4 is 31.9 Å². The van der Waals surface area contributed by atoms with Gasteiger partial charge in [0, 0.05) is 16.8 Å². The Morgan fingerprint density at radius 3 is 2.73 bits per heavy atom. The van der Waals surface area contributed by atoms with E-state index in [0.717, 1.165) is 0 Å². The Morgan fingerprint density at radius 1 is 1.47 bits per heavy atom. The van der Waals surface area contributed by atoms with Gasteiger partial charge in [0.05, 0.1) is 16.4 Å². The van der Waals surface area contributed by atoms with Crippen molar-refractivity contribution in [2.24, 2.45) is 0 Å². The van der Waals surface area contributed by atoms with E-state index in [1.807, 2.05) is 6.20 Å². The van der Waals surface area contributed by atoms with Crippen molar-refractivity contribution in [2.75, 3.05) is 0 Å². The molecule has 15 heavy (non-hydrogen) atoms. The molecule has 1 fully saturated rings. The van der Waals surface area contributed by atoms with Crippen LogP contribution in [0.3, 0.4) is 0 Å². The van der Waals surface area contributed by atoms with Crippen LogP contribution in [0.25, 0.3) is 0 Å². The first kappa shape index (κ1) is 11.6. The topological polar surface area (TPSA) is 17.8 Å². The number of alkyl halides is 1. The van der Waals surface area contributed by atoms with E-state index < -0.39 is 0 Å². The monoisotopic (exact) mass is 334 g/mol. The van der Waals surface area contributed by atoms with Gasteiger partial charge in [0.1, 0.15) is 0 Å². The third kappa shape index (κ3) is 2.31. The molecule has 2 rings (SSSR count). The number of hydrogen-bond donors (Lipinski definition) is 0. The van der Waals surface area contributed by atoms with Gasteiger partial charge in [0.15, 0.2) is 0 Å². The molecule has 4 heteroatoms. The number of rotatable bonds is 2. The van der Waals surface area contributed by atoms with Gasteiger partial charge < -0.3 is 0 Å². The molecule has 2 unspecified atom stereocenters. The maximum Gasteiger partial charge on any atom is 0.0635 e. The largest absolute Gasteiger partial charge is 0.266 e. The van der Waals surface area contributed by atoms with E-state index in [9.17, 15) is 0 Å². The van der Waals surface area contributed by atoms with Gasteiger partial charge in [0.2, 0.25) is 0 Å². The quantitative estimate of drug-likeness (QED) is 0.738. The molecule has 0 aliphatic heterocycles. The zero-order valence-electron chi connectivity index (χ0n) is 9.08. The molecular formula is C11H16Br2N2. The number of hydrogen-bond acceptors (Lipinski definition) is 1. The lowest BCUT2D eigenvalue weighted by Crippen LogP contribution is -2.10. The zero-order valence-corrected chi connectivity index (χ0v) is 12.3. The number of aromatic nitrogens is 2. The van der Waals surface area contributed by atoms with Crippen LogP contribution in [0.1, 0.15) is 50.8 Å². The van der Waals surface area contributed by atoms with Gasteiger partial charge >= 0.3 is 0 Å². The normalized spacial score (nSPS) is 26.5. The van der Waals surface area contributed by atoms with Crippen molar-refractivity contribution in [3.05, 3.63) is 16.4 Å². The van der Waals surface area contributed by atoms with Crippen molar-refractivity contribution in [3.63, 3.8) is 0 Å². The van der Waals surface area contributed by atoms with Crippen LogP contribution in [0.5, 0.6) is 0 Å². The summed E-state index contributed by atoms with van der Waals surface area (Å²) in [4.78, 5) is 0.685. The summed E-state index contributed by atoms with van der Waals surface area (Å²) < 4.78 is 3.32. The summed E-state index contributed by atoms with van der Waals surface area (Å²) in [7, 11) is 0. The summed E-state index contributed by atoms with van der Waals surface area (Å²) in [6.07, 6.45) is 5.71. The second-order valence-electron chi connectivity index (χ2n) is 4.52. The summed E-state index contributed by atoms with van der Waals surface area (Å²) in [6.45, 7) is 4.37. The van der Waals surface area contributed by atoms with E-state index in [2.05, 4.69) is 55.5 Å². The fourth-order valence-electron chi connectivity index (χ4n) is 2.32. The minimum atomic E-state index is 0.445. The molecule has 1 aliphatic carbocycles. The first-order chi connectivity index (χ1) is 7.09. The molecule has 1 heterocycles. The van der Waals surface area contributed by atoms with E-state index in [1.165, 1.54) is 29.4 Å². The summed E-state index contributed by atoms with van der Waals surface area (Å²) in [6, 6.07) is 0.445. The van der Waals surface area contributed by atoms with Crippen molar-refractivity contribution in [3.8, 4) is 0 Å². The Bertz CT molecular complexity index is 346. The smallest absolute Gasteiger partial charge is 0.0635 e. The third-order valence-electron chi connectivity index (χ3n) is 3.03. The summed E-state index contributed by atoms with van der Waals surface area (Å²) in [5.41, 5.74) is 1.38. The molecule has 0 radical (unpaired) electrons. The second-order valence-corrected chi connectivity index (χ2v) is 6.67. The highest BCUT2D eigenvalue weighted by molar-refractivity contribution is 9.10. The first-order valence-corrected chi connectivity index (χ1v) is 7.17. The molecule has 84 valence electrons. The molecule has 1 aliphatic rings. The van der Waals surface area contributed by atoms with Crippen LogP contribution in [-0.2, 0) is 0 Å². The van der Waals surface area contributed by atoms with Gasteiger partial charge in [-0.2, -0.15) is 5.10 Å². The van der Waals surface area contributed by atoms with Crippen LogP contribution in [0, 0.1) is 0 Å². The fourth-order valence-corrected chi connectivity index (χ4v) is 3.63. The van der Waals surface area contributed by atoms with Crippen LogP contribution < -0.4 is 0 Å². The highest BCUT2D eigenvalue weighted by Gasteiger charge is 2.28. The molecule has 0 aromatic carbocycles. The van der Waals surface area contributed by atoms with Crippen molar-refractivity contribution in [2.45, 2.75) is 49.9 Å². The molecular weight excluding hydrogens is 320 g/mol. The average molecular weight is 336 g/mol. The lowest BCUT2D eigenvalue weighted by molar-refractivity contribution is 0.484. The van der Waals surface area contributed by atoms with Crippen LogP contribution in [0.4, 0.5) is 0 Å². The Balaban J connectivity index is 2.30. The molecule has 1 aromatic heterocycles. The third-order valence-corrected chi connectivity index (χ3v) is 4.47. The van der Waals surface area contributed by atoms with Gasteiger partial charge in [0.25, 0.3) is 0 Å². The lowest BCUT2D eigenvalue weighted by atomic mass is 10.0. The van der Waals surface area contributed by atoms with E-state index in [4.69, 9.17) is 0 Å². The van der Waals surface area contributed by atoms with Crippen LogP contribution >= 0.6 is 31.9 Å². The Hall–Kier alpha value is 0.170. The molecule has 1 aromatic rings. The summed E-state index contributed by atoms with van der Waals surface area (Å²) in [5.74, 6) is 0.661. The fraction of sp³-hybridized carbons (Fsp3) is 0.727. The van der Waals surface area contributed by atoms with Crippen LogP contribution in [0.2, 0.25) is 0 Å². The first-order valence-electron chi connectivity index (χ1n) is 5.46. The Labute approximate surface area is 108 Å². The molecule has 0 spiro atoms. The van der Waals surface area contributed by atoms with E-state index in [-0.39, 0.29) is 0 Å². The number of nitrogens with zero attached hydrogens (tertiary/aromatic N) is 2. The highest BCUT2D eigenvalue weighted by Crippen LogP contribution is 2.41. The Kier molecular flexibility index (Phi) is 3.56. The molecule has 1 saturated carbocycles. The van der Waals surface area contributed by atoms with Gasteiger partial charge in [-0.3, -0.25) is 4.68 Å². The van der Waals surface area contributed by atoms with Gasteiger partial charge in [-0.1, -0.05) is 15.9 Å². The highest BCUT2D eigenvalue weighted by atomic mass is 79.9. The predicted octanol–water partition coefficient (Wildman–Crippen LogP) is 4.26. The molecule has 0 N–H and O–H groups in total. The number of halogens is 2. The Morgan fingerprint density at radius 2 is 2.20 bits per heavy atom. The molecule has 0 amide bonds. The SMILES string of the molecule is CC(C)n1ncc(Br)c1C1CCC(Br)C1. The van der Waals surface area contributed by atoms with Crippen LogP contribution in [0.15, 0.2) is 10.7 Å². The van der Waals surface area contributed by atoms with Crippen molar-refractivity contribution < 1.29 is 0 Å². The molecule has 2 atom stereocenters. The zero-order chi connectivity index (χ0) is 11.0. The average Bonchev–Trinajstić information content (AvgIpc) is 2.71. The summed E-state index contributed by atoms with van der Waals surface area (Å²) in [5, 5.41) is 4.44. The van der Waals surface area contributed by atoms with E-state index >= 15 is 0 Å². The van der Waals surface area contributed by atoms with Gasteiger partial charge in [-0.05, 0) is 49.0 Å². The maximum atomic E-state index is 4.44. The van der Waals surface area contributed by atoms with E-state index in [1.54, 1.807) is 0 Å². The van der Waals surface area contributed by atoms with Gasteiger partial charge in [-0.15, -0.1) is 0 Å². The lowest BCUT2D eigenvalue weighted by Gasteiger charge is -2.16. The van der Waals surface area contributed by atoms with Gasteiger partial charge in [-0.25, -0.2) is 0 Å². The van der Waals surface area contributed by atoms with Crippen molar-refractivity contribution in [1.29, 1.82) is 0 Å². The standard InChI is InChI=1S/C11H16Br2N2/c1-7(2)15-11(10(13)6-14-15)8-3-4-9(12)5-8/h6-9H,3-5H2,1-2H3. The second kappa shape index (κ2) is 4.58. The maximum absolute atomic E-state index is 4.44. The molecule has 2 nitrogen and oxygen atoms in total. The molecule has 0 bridgehead atoms.